The minimum absolute atomic E-state index is 0.0245. The van der Waals surface area contributed by atoms with Gasteiger partial charge in [-0.15, -0.1) is 0 Å². The van der Waals surface area contributed by atoms with Crippen molar-refractivity contribution in [3.63, 3.8) is 0 Å². The fraction of sp³-hybridized carbons (Fsp3) is 0.833. The summed E-state index contributed by atoms with van der Waals surface area (Å²) in [6.45, 7) is 2.20. The Kier molecular flexibility index (Phi) is 5.34. The number of rotatable bonds is 6. The van der Waals surface area contributed by atoms with E-state index in [1.165, 1.54) is 0 Å². The normalized spacial score (nSPS) is 27.2. The number of amides is 1. The summed E-state index contributed by atoms with van der Waals surface area (Å²) in [5, 5.41) is 11.7. The highest BCUT2D eigenvalue weighted by molar-refractivity contribution is 7.90. The van der Waals surface area contributed by atoms with Crippen LogP contribution in [0, 0.1) is 17.8 Å². The molecule has 0 aliphatic heterocycles. The van der Waals surface area contributed by atoms with E-state index >= 15 is 0 Å². The molecule has 1 aliphatic carbocycles. The molecule has 0 spiro atoms. The predicted octanol–water partition coefficient (Wildman–Crippen LogP) is 0.284. The zero-order valence-corrected chi connectivity index (χ0v) is 12.1. The fourth-order valence-electron chi connectivity index (χ4n) is 2.53. The topological polar surface area (TPSA) is 101 Å². The number of carboxylic acid groups (broad SMARTS) is 1. The van der Waals surface area contributed by atoms with Gasteiger partial charge in [0.2, 0.25) is 5.91 Å². The van der Waals surface area contributed by atoms with Crippen LogP contribution in [0.25, 0.3) is 0 Å². The Hall–Kier alpha value is -1.11. The number of hydrogen-bond acceptors (Lipinski definition) is 4. The average Bonchev–Trinajstić information content (AvgIpc) is 2.65. The molecule has 1 rings (SSSR count). The zero-order chi connectivity index (χ0) is 14.6. The highest BCUT2D eigenvalue weighted by Crippen LogP contribution is 2.36. The molecule has 0 radical (unpaired) electrons. The molecule has 2 N–H and O–H groups in total. The minimum atomic E-state index is -3.02. The summed E-state index contributed by atoms with van der Waals surface area (Å²) in [6.07, 6.45) is 2.60. The van der Waals surface area contributed by atoms with Gasteiger partial charge in [0.15, 0.2) is 0 Å². The van der Waals surface area contributed by atoms with Crippen LogP contribution in [0.1, 0.15) is 26.2 Å². The zero-order valence-electron chi connectivity index (χ0n) is 11.3. The van der Waals surface area contributed by atoms with Crippen molar-refractivity contribution in [2.45, 2.75) is 26.2 Å². The molecule has 0 aromatic rings. The van der Waals surface area contributed by atoms with Gasteiger partial charge in [0.25, 0.3) is 0 Å². The molecule has 0 aromatic heterocycles. The largest absolute Gasteiger partial charge is 0.481 e. The Morgan fingerprint density at radius 2 is 1.84 bits per heavy atom. The van der Waals surface area contributed by atoms with Crippen molar-refractivity contribution >= 4 is 21.7 Å². The maximum absolute atomic E-state index is 11.9. The molecule has 1 saturated carbocycles. The lowest BCUT2D eigenvalue weighted by Gasteiger charge is -2.15. The van der Waals surface area contributed by atoms with Gasteiger partial charge in [-0.2, -0.15) is 0 Å². The van der Waals surface area contributed by atoms with E-state index in [1.807, 2.05) is 6.92 Å². The maximum Gasteiger partial charge on any atom is 0.307 e. The molecule has 110 valence electrons. The summed E-state index contributed by atoms with van der Waals surface area (Å²) in [4.78, 5) is 23.0. The monoisotopic (exact) mass is 291 g/mol. The van der Waals surface area contributed by atoms with E-state index in [0.29, 0.717) is 19.3 Å². The first kappa shape index (κ1) is 15.9. The van der Waals surface area contributed by atoms with E-state index in [2.05, 4.69) is 5.32 Å². The maximum atomic E-state index is 11.9. The van der Waals surface area contributed by atoms with Crippen LogP contribution in [0.3, 0.4) is 0 Å². The second-order valence-electron chi connectivity index (χ2n) is 5.40. The summed E-state index contributed by atoms with van der Waals surface area (Å²) in [5.74, 6) is -2.06. The van der Waals surface area contributed by atoms with Crippen molar-refractivity contribution in [1.29, 1.82) is 0 Å². The SMILES string of the molecule is CC1C[C@H](C(=O)NCCCS(C)(=O)=O)[C@H](C(=O)O)C1. The van der Waals surface area contributed by atoms with E-state index in [-0.39, 0.29) is 24.1 Å². The summed E-state index contributed by atoms with van der Waals surface area (Å²) >= 11 is 0. The number of carboxylic acids is 1. The Balaban J connectivity index is 2.42. The molecule has 0 saturated heterocycles. The number of nitrogens with one attached hydrogen (secondary N) is 1. The molecule has 6 nitrogen and oxygen atoms in total. The highest BCUT2D eigenvalue weighted by Gasteiger charge is 2.40. The van der Waals surface area contributed by atoms with Crippen LogP contribution in [-0.2, 0) is 19.4 Å². The average molecular weight is 291 g/mol. The smallest absolute Gasteiger partial charge is 0.307 e. The molecule has 0 bridgehead atoms. The lowest BCUT2D eigenvalue weighted by Crippen LogP contribution is -2.36. The van der Waals surface area contributed by atoms with Crippen molar-refractivity contribution in [2.24, 2.45) is 17.8 Å². The van der Waals surface area contributed by atoms with Gasteiger partial charge in [-0.1, -0.05) is 6.92 Å². The molecule has 1 amide bonds. The van der Waals surface area contributed by atoms with E-state index in [0.717, 1.165) is 6.26 Å². The van der Waals surface area contributed by atoms with Gasteiger partial charge in [-0.25, -0.2) is 8.42 Å². The lowest BCUT2D eigenvalue weighted by atomic mass is 9.95. The molecule has 7 heteroatoms. The third kappa shape index (κ3) is 5.18. The van der Waals surface area contributed by atoms with Crippen molar-refractivity contribution < 1.29 is 23.1 Å². The molecule has 0 heterocycles. The third-order valence-electron chi connectivity index (χ3n) is 3.44. The highest BCUT2D eigenvalue weighted by atomic mass is 32.2. The Bertz CT molecular complexity index is 445. The van der Waals surface area contributed by atoms with Gasteiger partial charge in [-0.05, 0) is 25.2 Å². The van der Waals surface area contributed by atoms with Crippen LogP contribution < -0.4 is 5.32 Å². The summed E-state index contributed by atoms with van der Waals surface area (Å²) in [5.41, 5.74) is 0. The van der Waals surface area contributed by atoms with Crippen LogP contribution in [0.2, 0.25) is 0 Å². The van der Waals surface area contributed by atoms with Crippen LogP contribution in [-0.4, -0.2) is 44.0 Å². The number of carbonyl (C=O) groups excluding carboxylic acids is 1. The molecule has 3 atom stereocenters. The number of aliphatic carboxylic acids is 1. The molecule has 1 fully saturated rings. The summed E-state index contributed by atoms with van der Waals surface area (Å²) in [6, 6.07) is 0. The molecule has 0 aromatic carbocycles. The van der Waals surface area contributed by atoms with Crippen LogP contribution >= 0.6 is 0 Å². The van der Waals surface area contributed by atoms with Crippen molar-refractivity contribution in [3.8, 4) is 0 Å². The van der Waals surface area contributed by atoms with Crippen LogP contribution in [0.15, 0.2) is 0 Å². The van der Waals surface area contributed by atoms with Gasteiger partial charge < -0.3 is 10.4 Å². The summed E-state index contributed by atoms with van der Waals surface area (Å²) in [7, 11) is -3.02. The van der Waals surface area contributed by atoms with E-state index in [1.54, 1.807) is 0 Å². The van der Waals surface area contributed by atoms with Crippen LogP contribution in [0.5, 0.6) is 0 Å². The summed E-state index contributed by atoms with van der Waals surface area (Å²) < 4.78 is 21.9. The second-order valence-corrected chi connectivity index (χ2v) is 7.66. The van der Waals surface area contributed by atoms with E-state index in [4.69, 9.17) is 5.11 Å². The fourth-order valence-corrected chi connectivity index (χ4v) is 3.20. The number of hydrogen-bond donors (Lipinski definition) is 2. The molecule has 19 heavy (non-hydrogen) atoms. The number of carbonyl (C=O) groups is 2. The van der Waals surface area contributed by atoms with Gasteiger partial charge in [0, 0.05) is 12.8 Å². The van der Waals surface area contributed by atoms with E-state index < -0.39 is 27.6 Å². The van der Waals surface area contributed by atoms with Gasteiger partial charge in [0.1, 0.15) is 9.84 Å². The first-order valence-electron chi connectivity index (χ1n) is 6.39. The minimum Gasteiger partial charge on any atom is -0.481 e. The Labute approximate surface area is 113 Å². The van der Waals surface area contributed by atoms with Crippen molar-refractivity contribution in [1.82, 2.24) is 5.32 Å². The quantitative estimate of drug-likeness (QED) is 0.685. The van der Waals surface area contributed by atoms with Gasteiger partial charge in [0.05, 0.1) is 17.6 Å². The Morgan fingerprint density at radius 3 is 2.37 bits per heavy atom. The Morgan fingerprint density at radius 1 is 1.26 bits per heavy atom. The first-order chi connectivity index (χ1) is 8.70. The first-order valence-corrected chi connectivity index (χ1v) is 8.45. The lowest BCUT2D eigenvalue weighted by molar-refractivity contribution is -0.146. The predicted molar refractivity (Wildman–Crippen MR) is 70.4 cm³/mol. The third-order valence-corrected chi connectivity index (χ3v) is 4.47. The van der Waals surface area contributed by atoms with Gasteiger partial charge >= 0.3 is 5.97 Å². The molecule has 1 aliphatic rings. The van der Waals surface area contributed by atoms with Crippen molar-refractivity contribution in [2.75, 3.05) is 18.6 Å². The van der Waals surface area contributed by atoms with Crippen molar-refractivity contribution in [3.05, 3.63) is 0 Å². The second kappa shape index (κ2) is 6.36. The molecular weight excluding hydrogens is 270 g/mol. The van der Waals surface area contributed by atoms with Gasteiger partial charge in [-0.3, -0.25) is 9.59 Å². The van der Waals surface area contributed by atoms with E-state index in [9.17, 15) is 18.0 Å². The number of sulfone groups is 1. The standard InChI is InChI=1S/C12H21NO5S/c1-8-6-9(10(7-8)12(15)16)11(14)13-4-3-5-19(2,17)18/h8-10H,3-7H2,1-2H3,(H,13,14)(H,15,16)/t8?,9-,10+/m0/s1. The molecular formula is C12H21NO5S. The molecule has 1 unspecified atom stereocenters. The van der Waals surface area contributed by atoms with Crippen LogP contribution in [0.4, 0.5) is 0 Å².